The first-order valence-electron chi connectivity index (χ1n) is 22.7. The molecule has 0 saturated carbocycles. The van der Waals surface area contributed by atoms with E-state index in [0.29, 0.717) is 35.2 Å². The van der Waals surface area contributed by atoms with Gasteiger partial charge in [0, 0.05) is 34.5 Å². The number of benzene rings is 4. The first-order chi connectivity index (χ1) is 33.3. The Labute approximate surface area is 410 Å². The molecule has 0 aromatic heterocycles. The van der Waals surface area contributed by atoms with Crippen LogP contribution in [0.1, 0.15) is 68.7 Å². The average molecular weight is 967 g/mol. The molecule has 0 bridgehead atoms. The second-order valence-corrected chi connectivity index (χ2v) is 17.2. The van der Waals surface area contributed by atoms with Crippen molar-refractivity contribution >= 4 is 17.9 Å². The topological polar surface area (TPSA) is 206 Å². The highest BCUT2D eigenvalue weighted by Crippen LogP contribution is 2.44. The van der Waals surface area contributed by atoms with Crippen LogP contribution in [0.2, 0.25) is 0 Å². The van der Waals surface area contributed by atoms with Gasteiger partial charge in [-0.2, -0.15) is 0 Å². The molecule has 0 aliphatic heterocycles. The van der Waals surface area contributed by atoms with Gasteiger partial charge in [-0.05, 0) is 104 Å². The molecule has 0 heterocycles. The van der Waals surface area contributed by atoms with Crippen molar-refractivity contribution in [1.82, 2.24) is 0 Å². The van der Waals surface area contributed by atoms with E-state index in [4.69, 9.17) is 37.9 Å². The minimum absolute atomic E-state index is 0.0393. The normalized spacial score (nSPS) is 14.0. The first-order valence-corrected chi connectivity index (χ1v) is 22.7. The minimum Gasteiger partial charge on any atom is -0.493 e. The van der Waals surface area contributed by atoms with Crippen LogP contribution in [0.4, 0.5) is 0 Å². The maximum absolute atomic E-state index is 11.8. The predicted molar refractivity (Wildman–Crippen MR) is 263 cm³/mol. The maximum Gasteiger partial charge on any atom is 0.333 e. The van der Waals surface area contributed by atoms with Crippen molar-refractivity contribution in [3.8, 4) is 23.0 Å². The number of hydrogen-bond acceptors (Lipinski definition) is 15. The first kappa shape index (κ1) is 55.8. The van der Waals surface area contributed by atoms with Gasteiger partial charge in [-0.3, -0.25) is 0 Å². The molecule has 6 atom stereocenters. The fraction of sp³-hybridized carbons (Fsp3) is 0.364. The highest BCUT2D eigenvalue weighted by Gasteiger charge is 2.29. The summed E-state index contributed by atoms with van der Waals surface area (Å²) < 4.78 is 44.5. The molecule has 15 nitrogen and oxygen atoms in total. The molecule has 0 aliphatic carbocycles. The molecule has 6 unspecified atom stereocenters. The summed E-state index contributed by atoms with van der Waals surface area (Å²) in [7, 11) is 0. The van der Waals surface area contributed by atoms with E-state index >= 15 is 0 Å². The molecule has 0 fully saturated rings. The van der Waals surface area contributed by atoms with Crippen LogP contribution in [0.5, 0.6) is 23.0 Å². The van der Waals surface area contributed by atoms with Gasteiger partial charge in [0.2, 0.25) is 0 Å². The zero-order chi connectivity index (χ0) is 51.3. The van der Waals surface area contributed by atoms with Crippen molar-refractivity contribution < 1.29 is 72.7 Å². The molecule has 70 heavy (non-hydrogen) atoms. The average Bonchev–Trinajstić information content (AvgIpc) is 3.35. The molecule has 0 amide bonds. The molecule has 4 aromatic rings. The summed E-state index contributed by atoms with van der Waals surface area (Å²) in [5, 5.41) is 41.4. The lowest BCUT2D eigenvalue weighted by Crippen LogP contribution is -2.25. The number of carbonyl (C=O) groups excluding carboxylic acids is 3. The summed E-state index contributed by atoms with van der Waals surface area (Å²) >= 11 is 0. The smallest absolute Gasteiger partial charge is 0.333 e. The number of ether oxygens (including phenoxy) is 8. The van der Waals surface area contributed by atoms with Crippen LogP contribution in [0.15, 0.2) is 146 Å². The van der Waals surface area contributed by atoms with Crippen molar-refractivity contribution in [3.63, 3.8) is 0 Å². The Bertz CT molecular complexity index is 2260. The van der Waals surface area contributed by atoms with Gasteiger partial charge in [0.25, 0.3) is 0 Å². The SMILES string of the molecule is C=C(C)C(=O)OCC(O)COc1ccc(C(c2ccc(OCC(C)COC(O)C(=C)C)cc2)C(c2ccc(OCC(O)COC(=O)C(=C)C)cc2)c2ccc(OCC(O)COC(=O)C(=C)C)cc2)cc1. The van der Waals surface area contributed by atoms with E-state index in [2.05, 4.69) is 26.3 Å². The van der Waals surface area contributed by atoms with Gasteiger partial charge >= 0.3 is 17.9 Å². The van der Waals surface area contributed by atoms with E-state index in [1.165, 1.54) is 20.8 Å². The third-order valence-corrected chi connectivity index (χ3v) is 10.4. The quantitative estimate of drug-likeness (QED) is 0.0135. The van der Waals surface area contributed by atoms with Crippen LogP contribution in [0, 0.1) is 5.92 Å². The fourth-order valence-electron chi connectivity index (χ4n) is 6.53. The molecule has 4 N–H and O–H groups in total. The van der Waals surface area contributed by atoms with Crippen LogP contribution < -0.4 is 18.9 Å². The molecule has 0 spiro atoms. The largest absolute Gasteiger partial charge is 0.493 e. The van der Waals surface area contributed by atoms with Gasteiger partial charge in [0.1, 0.15) is 81.0 Å². The number of hydrogen-bond donors (Lipinski definition) is 4. The summed E-state index contributed by atoms with van der Waals surface area (Å²) in [5.41, 5.74) is 4.74. The molecule has 0 aliphatic rings. The van der Waals surface area contributed by atoms with Crippen LogP contribution in [0.25, 0.3) is 0 Å². The predicted octanol–water partition coefficient (Wildman–Crippen LogP) is 7.15. The van der Waals surface area contributed by atoms with Crippen LogP contribution in [-0.2, 0) is 33.3 Å². The van der Waals surface area contributed by atoms with E-state index in [1.807, 2.05) is 67.6 Å². The molecule has 0 saturated heterocycles. The Hall–Kier alpha value is -6.75. The summed E-state index contributed by atoms with van der Waals surface area (Å²) in [6.45, 7) is 22.0. The molecule has 0 radical (unpaired) electrons. The zero-order valence-electron chi connectivity index (χ0n) is 40.5. The van der Waals surface area contributed by atoms with E-state index in [1.54, 1.807) is 43.3 Å². The number of aliphatic hydroxyl groups is 4. The zero-order valence-corrected chi connectivity index (χ0v) is 40.5. The van der Waals surface area contributed by atoms with Crippen LogP contribution in [0.3, 0.4) is 0 Å². The van der Waals surface area contributed by atoms with Crippen molar-refractivity contribution in [2.45, 2.75) is 71.1 Å². The summed E-state index contributed by atoms with van der Waals surface area (Å²) in [6.07, 6.45) is -4.30. The Morgan fingerprint density at radius 1 is 0.414 bits per heavy atom. The monoisotopic (exact) mass is 966 g/mol. The van der Waals surface area contributed by atoms with Gasteiger partial charge in [0.15, 0.2) is 6.29 Å². The van der Waals surface area contributed by atoms with Crippen LogP contribution in [-0.4, -0.2) is 116 Å². The molecule has 4 aromatic carbocycles. The number of carbonyl (C=O) groups is 3. The van der Waals surface area contributed by atoms with Gasteiger partial charge in [-0.15, -0.1) is 0 Å². The Balaban J connectivity index is 1.69. The molecule has 376 valence electrons. The lowest BCUT2D eigenvalue weighted by Gasteiger charge is -2.30. The van der Waals surface area contributed by atoms with Gasteiger partial charge in [-0.25, -0.2) is 14.4 Å². The third-order valence-electron chi connectivity index (χ3n) is 10.4. The molecular weight excluding hydrogens is 901 g/mol. The van der Waals surface area contributed by atoms with Crippen molar-refractivity contribution in [3.05, 3.63) is 168 Å². The lowest BCUT2D eigenvalue weighted by molar-refractivity contribution is -0.143. The van der Waals surface area contributed by atoms with Gasteiger partial charge in [0.05, 0.1) is 13.2 Å². The van der Waals surface area contributed by atoms with E-state index in [9.17, 15) is 34.8 Å². The van der Waals surface area contributed by atoms with Crippen molar-refractivity contribution in [2.24, 2.45) is 5.92 Å². The van der Waals surface area contributed by atoms with Crippen molar-refractivity contribution in [2.75, 3.05) is 52.9 Å². The second kappa shape index (κ2) is 28.0. The number of esters is 3. The lowest BCUT2D eigenvalue weighted by atomic mass is 9.73. The number of aliphatic hydroxyl groups excluding tert-OH is 4. The van der Waals surface area contributed by atoms with E-state index in [-0.39, 0.29) is 80.7 Å². The summed E-state index contributed by atoms with van der Waals surface area (Å²) in [4.78, 5) is 35.5. The van der Waals surface area contributed by atoms with Gasteiger partial charge < -0.3 is 58.3 Å². The Morgan fingerprint density at radius 3 is 0.914 bits per heavy atom. The van der Waals surface area contributed by atoms with Crippen LogP contribution >= 0.6 is 0 Å². The Morgan fingerprint density at radius 2 is 0.671 bits per heavy atom. The van der Waals surface area contributed by atoms with E-state index < -0.39 is 42.5 Å². The standard InChI is InChI=1S/C55H66O15/c1-34(2)52(59)67-27-38(9)26-63-46-18-10-39(11-19-46)50(40-12-20-47(21-13-40)64-28-43(56)31-68-53(60)35(3)4)51(41-14-22-48(23-15-41)65-29-44(57)32-69-54(61)36(5)6)42-16-24-49(25-17-42)66-30-45(58)33-70-55(62)37(7)8/h10-25,38,43-45,50-52,56-59H,1,3,5,7,26-33H2,2,4,6,8-9H3. The molecular formula is C55H66O15. The maximum atomic E-state index is 11.8. The van der Waals surface area contributed by atoms with Gasteiger partial charge in [-0.1, -0.05) is 81.8 Å². The second-order valence-electron chi connectivity index (χ2n) is 17.2. The molecule has 4 rings (SSSR count). The molecule has 15 heteroatoms. The highest BCUT2D eigenvalue weighted by molar-refractivity contribution is 5.87. The number of rotatable bonds is 30. The van der Waals surface area contributed by atoms with Crippen molar-refractivity contribution in [1.29, 1.82) is 0 Å². The van der Waals surface area contributed by atoms with E-state index in [0.717, 1.165) is 22.3 Å². The highest BCUT2D eigenvalue weighted by atomic mass is 16.6. The third kappa shape index (κ3) is 18.6. The fourth-order valence-corrected chi connectivity index (χ4v) is 6.53. The summed E-state index contributed by atoms with van der Waals surface area (Å²) in [5.74, 6) is -0.575. The Kier molecular flexibility index (Phi) is 22.4. The minimum atomic E-state index is -1.08. The summed E-state index contributed by atoms with van der Waals surface area (Å²) in [6, 6.07) is 30.1.